The van der Waals surface area contributed by atoms with Crippen molar-refractivity contribution in [2.24, 2.45) is 10.9 Å². The Labute approximate surface area is 118 Å². The number of hydrogen-bond donors (Lipinski definition) is 1. The van der Waals surface area contributed by atoms with Gasteiger partial charge in [-0.1, -0.05) is 13.0 Å². The number of allylic oxidation sites excluding steroid dienone is 3. The number of nitrogens with one attached hydrogen (secondary N) is 1. The molecule has 104 valence electrons. The van der Waals surface area contributed by atoms with Gasteiger partial charge < -0.3 is 5.32 Å². The summed E-state index contributed by atoms with van der Waals surface area (Å²) in [5.74, 6) is 0.0883. The van der Waals surface area contributed by atoms with Crippen LogP contribution in [0.2, 0.25) is 0 Å². The monoisotopic (exact) mass is 270 g/mol. The molecule has 0 aromatic rings. The summed E-state index contributed by atoms with van der Waals surface area (Å²) in [5.41, 5.74) is 3.70. The van der Waals surface area contributed by atoms with Gasteiger partial charge in [0.15, 0.2) is 0 Å². The molecule has 0 aromatic heterocycles. The number of hydrogen-bond acceptors (Lipinski definition) is 2. The van der Waals surface area contributed by atoms with E-state index in [9.17, 15) is 9.59 Å². The number of nitrogens with zero attached hydrogens (tertiary/aromatic N) is 1. The van der Waals surface area contributed by atoms with Crippen LogP contribution in [0.5, 0.6) is 0 Å². The molecule has 4 heteroatoms. The molecule has 0 saturated carbocycles. The zero-order valence-corrected chi connectivity index (χ0v) is 11.6. The summed E-state index contributed by atoms with van der Waals surface area (Å²) in [4.78, 5) is 27.7. The van der Waals surface area contributed by atoms with E-state index in [0.717, 1.165) is 37.0 Å². The van der Waals surface area contributed by atoms with Gasteiger partial charge in [-0.05, 0) is 43.4 Å². The van der Waals surface area contributed by atoms with E-state index in [2.05, 4.69) is 10.3 Å². The fraction of sp³-hybridized carbons (Fsp3) is 0.438. The molecule has 0 saturated heterocycles. The second-order valence-corrected chi connectivity index (χ2v) is 5.43. The van der Waals surface area contributed by atoms with Gasteiger partial charge in [-0.15, -0.1) is 0 Å². The van der Waals surface area contributed by atoms with Gasteiger partial charge in [0, 0.05) is 23.6 Å². The SMILES string of the molecule is CCCC(=O)N=C1C=CC2C(=C1)NC(=O)C1=C2CCC1. The van der Waals surface area contributed by atoms with E-state index >= 15 is 0 Å². The maximum absolute atomic E-state index is 12.0. The Hall–Kier alpha value is -1.97. The van der Waals surface area contributed by atoms with Gasteiger partial charge in [-0.3, -0.25) is 9.59 Å². The van der Waals surface area contributed by atoms with Gasteiger partial charge in [0.25, 0.3) is 5.91 Å². The lowest BCUT2D eigenvalue weighted by atomic mass is 9.85. The second kappa shape index (κ2) is 5.19. The van der Waals surface area contributed by atoms with Crippen molar-refractivity contribution in [3.05, 3.63) is 35.1 Å². The summed E-state index contributed by atoms with van der Waals surface area (Å²) in [6.07, 6.45) is 9.97. The van der Waals surface area contributed by atoms with Gasteiger partial charge in [-0.2, -0.15) is 0 Å². The van der Waals surface area contributed by atoms with E-state index in [1.165, 1.54) is 5.57 Å². The Morgan fingerprint density at radius 2 is 2.30 bits per heavy atom. The zero-order chi connectivity index (χ0) is 14.1. The highest BCUT2D eigenvalue weighted by Crippen LogP contribution is 2.39. The van der Waals surface area contributed by atoms with Gasteiger partial charge in [0.1, 0.15) is 0 Å². The van der Waals surface area contributed by atoms with Crippen LogP contribution in [0.4, 0.5) is 0 Å². The summed E-state index contributed by atoms with van der Waals surface area (Å²) in [6, 6.07) is 0. The Bertz CT molecular complexity index is 594. The molecule has 2 amide bonds. The van der Waals surface area contributed by atoms with E-state index < -0.39 is 0 Å². The molecule has 0 fully saturated rings. The minimum Gasteiger partial charge on any atom is -0.325 e. The quantitative estimate of drug-likeness (QED) is 0.837. The number of carbonyl (C=O) groups is 2. The van der Waals surface area contributed by atoms with Crippen LogP contribution in [0.15, 0.2) is 40.1 Å². The van der Waals surface area contributed by atoms with Crippen molar-refractivity contribution in [3.63, 3.8) is 0 Å². The molecule has 1 N–H and O–H groups in total. The van der Waals surface area contributed by atoms with Crippen LogP contribution in [0.25, 0.3) is 0 Å². The van der Waals surface area contributed by atoms with Crippen molar-refractivity contribution in [2.45, 2.75) is 39.0 Å². The van der Waals surface area contributed by atoms with Crippen LogP contribution in [-0.4, -0.2) is 17.5 Å². The Kier molecular flexibility index (Phi) is 3.38. The van der Waals surface area contributed by atoms with E-state index in [-0.39, 0.29) is 17.7 Å². The summed E-state index contributed by atoms with van der Waals surface area (Å²) in [6.45, 7) is 1.96. The third-order valence-corrected chi connectivity index (χ3v) is 3.98. The lowest BCUT2D eigenvalue weighted by molar-refractivity contribution is -0.118. The molecule has 3 rings (SSSR count). The van der Waals surface area contributed by atoms with E-state index in [4.69, 9.17) is 0 Å². The van der Waals surface area contributed by atoms with Gasteiger partial charge >= 0.3 is 0 Å². The average molecular weight is 270 g/mol. The van der Waals surface area contributed by atoms with Crippen molar-refractivity contribution in [1.29, 1.82) is 0 Å². The molecule has 0 spiro atoms. The fourth-order valence-electron chi connectivity index (χ4n) is 3.07. The standard InChI is InChI=1S/C16H18N2O2/c1-2-4-15(19)17-10-7-8-12-11-5-3-6-13(11)16(20)18-14(12)9-10/h7-9,12H,2-6H2,1H3,(H,18,20). The normalized spacial score (nSPS) is 26.2. The number of fused-ring (bicyclic) bond motifs is 2. The predicted molar refractivity (Wildman–Crippen MR) is 77.1 cm³/mol. The summed E-state index contributed by atoms with van der Waals surface area (Å²) in [5, 5.41) is 2.95. The topological polar surface area (TPSA) is 58.5 Å². The molecular formula is C16H18N2O2. The van der Waals surface area contributed by atoms with Crippen LogP contribution >= 0.6 is 0 Å². The molecule has 20 heavy (non-hydrogen) atoms. The highest BCUT2D eigenvalue weighted by Gasteiger charge is 2.34. The van der Waals surface area contributed by atoms with Crippen LogP contribution in [0, 0.1) is 5.92 Å². The molecule has 2 aliphatic carbocycles. The van der Waals surface area contributed by atoms with Gasteiger partial charge in [-0.25, -0.2) is 4.99 Å². The molecule has 1 unspecified atom stereocenters. The molecule has 1 heterocycles. The van der Waals surface area contributed by atoms with Crippen molar-refractivity contribution in [3.8, 4) is 0 Å². The van der Waals surface area contributed by atoms with Crippen molar-refractivity contribution in [2.75, 3.05) is 0 Å². The van der Waals surface area contributed by atoms with Crippen molar-refractivity contribution in [1.82, 2.24) is 5.32 Å². The first-order valence-corrected chi connectivity index (χ1v) is 7.23. The van der Waals surface area contributed by atoms with E-state index in [1.54, 1.807) is 0 Å². The summed E-state index contributed by atoms with van der Waals surface area (Å²) in [7, 11) is 0. The third kappa shape index (κ3) is 2.26. The van der Waals surface area contributed by atoms with E-state index in [1.807, 2.05) is 25.2 Å². The first-order valence-electron chi connectivity index (χ1n) is 7.23. The first kappa shape index (κ1) is 13.0. The average Bonchev–Trinajstić information content (AvgIpc) is 2.89. The Morgan fingerprint density at radius 3 is 3.10 bits per heavy atom. The van der Waals surface area contributed by atoms with Crippen LogP contribution in [-0.2, 0) is 9.59 Å². The van der Waals surface area contributed by atoms with Crippen LogP contribution in [0.1, 0.15) is 39.0 Å². The first-order chi connectivity index (χ1) is 9.69. The van der Waals surface area contributed by atoms with Gasteiger partial charge in [0.05, 0.1) is 5.71 Å². The predicted octanol–water partition coefficient (Wildman–Crippen LogP) is 2.43. The molecular weight excluding hydrogens is 252 g/mol. The fourth-order valence-corrected chi connectivity index (χ4v) is 3.07. The lowest BCUT2D eigenvalue weighted by Crippen LogP contribution is -2.35. The molecule has 4 nitrogen and oxygen atoms in total. The highest BCUT2D eigenvalue weighted by molar-refractivity contribution is 6.11. The second-order valence-electron chi connectivity index (χ2n) is 5.43. The molecule has 1 aliphatic heterocycles. The summed E-state index contributed by atoms with van der Waals surface area (Å²) < 4.78 is 0. The Morgan fingerprint density at radius 1 is 1.45 bits per heavy atom. The molecule has 0 bridgehead atoms. The highest BCUT2D eigenvalue weighted by atomic mass is 16.2. The summed E-state index contributed by atoms with van der Waals surface area (Å²) >= 11 is 0. The molecule has 0 aromatic carbocycles. The minimum absolute atomic E-state index is 0.0227. The van der Waals surface area contributed by atoms with Crippen LogP contribution in [0.3, 0.4) is 0 Å². The maximum Gasteiger partial charge on any atom is 0.251 e. The smallest absolute Gasteiger partial charge is 0.251 e. The van der Waals surface area contributed by atoms with Crippen molar-refractivity contribution < 1.29 is 9.59 Å². The number of amides is 2. The maximum atomic E-state index is 12.0. The molecule has 0 radical (unpaired) electrons. The third-order valence-electron chi connectivity index (χ3n) is 3.98. The number of carbonyl (C=O) groups excluding carboxylic acids is 2. The largest absolute Gasteiger partial charge is 0.325 e. The zero-order valence-electron chi connectivity index (χ0n) is 11.6. The molecule has 3 aliphatic rings. The van der Waals surface area contributed by atoms with Gasteiger partial charge in [0.2, 0.25) is 5.91 Å². The number of rotatable bonds is 2. The number of aliphatic imine (C=N–C) groups is 1. The molecule has 1 atom stereocenters. The minimum atomic E-state index is -0.106. The van der Waals surface area contributed by atoms with Crippen molar-refractivity contribution >= 4 is 17.5 Å². The van der Waals surface area contributed by atoms with E-state index in [0.29, 0.717) is 12.1 Å². The van der Waals surface area contributed by atoms with Crippen LogP contribution < -0.4 is 5.32 Å². The Balaban J connectivity index is 1.88. The lowest BCUT2D eigenvalue weighted by Gasteiger charge is -2.28.